The van der Waals surface area contributed by atoms with E-state index in [1.807, 2.05) is 64.1 Å². The topological polar surface area (TPSA) is 49.4 Å². The van der Waals surface area contributed by atoms with E-state index in [0.29, 0.717) is 6.54 Å². The largest absolute Gasteiger partial charge is 0.326 e. The molecule has 4 nitrogen and oxygen atoms in total. The Morgan fingerprint density at radius 1 is 1.08 bits per heavy atom. The predicted molar refractivity (Wildman–Crippen MR) is 101 cm³/mol. The summed E-state index contributed by atoms with van der Waals surface area (Å²) in [6.07, 6.45) is 0.254. The van der Waals surface area contributed by atoms with Crippen molar-refractivity contribution in [3.05, 3.63) is 58.7 Å². The molecular weight excluding hydrogens is 312 g/mol. The highest BCUT2D eigenvalue weighted by molar-refractivity contribution is 6.04. The quantitative estimate of drug-likeness (QED) is 0.924. The molecule has 1 heterocycles. The van der Waals surface area contributed by atoms with Crippen molar-refractivity contribution in [1.29, 1.82) is 0 Å². The molecule has 3 rings (SSSR count). The van der Waals surface area contributed by atoms with Crippen LogP contribution in [-0.2, 0) is 9.59 Å². The van der Waals surface area contributed by atoms with Crippen LogP contribution in [0.5, 0.6) is 0 Å². The van der Waals surface area contributed by atoms with Crippen molar-refractivity contribution in [2.75, 3.05) is 16.8 Å². The number of carbonyl (C=O) groups excluding carboxylic acids is 2. The molecule has 1 aliphatic rings. The number of anilines is 2. The smallest absolute Gasteiger partial charge is 0.229 e. The molecule has 0 radical (unpaired) electrons. The Kier molecular flexibility index (Phi) is 4.62. The van der Waals surface area contributed by atoms with Gasteiger partial charge in [0, 0.05) is 24.3 Å². The van der Waals surface area contributed by atoms with Gasteiger partial charge in [0.25, 0.3) is 0 Å². The number of nitrogens with zero attached hydrogens (tertiary/aromatic N) is 1. The van der Waals surface area contributed by atoms with Gasteiger partial charge in [-0.25, -0.2) is 0 Å². The second-order valence-electron chi connectivity index (χ2n) is 6.93. The average molecular weight is 336 g/mol. The van der Waals surface area contributed by atoms with Crippen LogP contribution >= 0.6 is 0 Å². The van der Waals surface area contributed by atoms with Gasteiger partial charge in [0.05, 0.1) is 5.92 Å². The van der Waals surface area contributed by atoms with Gasteiger partial charge in [0.1, 0.15) is 0 Å². The van der Waals surface area contributed by atoms with Crippen LogP contribution in [0.25, 0.3) is 0 Å². The van der Waals surface area contributed by atoms with E-state index >= 15 is 0 Å². The Morgan fingerprint density at radius 3 is 2.60 bits per heavy atom. The van der Waals surface area contributed by atoms with E-state index in [4.69, 9.17) is 0 Å². The third kappa shape index (κ3) is 3.43. The molecule has 130 valence electrons. The lowest BCUT2D eigenvalue weighted by molar-refractivity contribution is -0.122. The lowest BCUT2D eigenvalue weighted by atomic mass is 10.1. The minimum Gasteiger partial charge on any atom is -0.326 e. The third-order valence-electron chi connectivity index (χ3n) is 5.01. The van der Waals surface area contributed by atoms with Gasteiger partial charge in [-0.15, -0.1) is 0 Å². The summed E-state index contributed by atoms with van der Waals surface area (Å²) < 4.78 is 0. The maximum absolute atomic E-state index is 12.7. The summed E-state index contributed by atoms with van der Waals surface area (Å²) in [6, 6.07) is 11.9. The van der Waals surface area contributed by atoms with E-state index in [9.17, 15) is 9.59 Å². The van der Waals surface area contributed by atoms with Gasteiger partial charge >= 0.3 is 0 Å². The fourth-order valence-corrected chi connectivity index (χ4v) is 3.25. The first-order valence-corrected chi connectivity index (χ1v) is 8.61. The van der Waals surface area contributed by atoms with Crippen LogP contribution in [0.2, 0.25) is 0 Å². The van der Waals surface area contributed by atoms with E-state index in [1.165, 1.54) is 0 Å². The van der Waals surface area contributed by atoms with E-state index in [0.717, 1.165) is 33.6 Å². The molecular formula is C21H24N2O2. The van der Waals surface area contributed by atoms with E-state index < -0.39 is 0 Å². The molecule has 2 aromatic rings. The molecule has 1 saturated heterocycles. The molecule has 1 fully saturated rings. The summed E-state index contributed by atoms with van der Waals surface area (Å²) in [6.45, 7) is 8.44. The summed E-state index contributed by atoms with van der Waals surface area (Å²) >= 11 is 0. The summed E-state index contributed by atoms with van der Waals surface area (Å²) in [5, 5.41) is 2.99. The molecule has 25 heavy (non-hydrogen) atoms. The first kappa shape index (κ1) is 17.2. The first-order valence-electron chi connectivity index (χ1n) is 8.61. The number of hydrogen-bond donors (Lipinski definition) is 1. The Bertz CT molecular complexity index is 842. The van der Waals surface area contributed by atoms with Crippen molar-refractivity contribution >= 4 is 23.2 Å². The molecule has 0 aliphatic carbocycles. The van der Waals surface area contributed by atoms with Crippen molar-refractivity contribution in [2.45, 2.75) is 34.1 Å². The minimum atomic E-state index is -0.327. The summed E-state index contributed by atoms with van der Waals surface area (Å²) in [5.74, 6) is -0.406. The predicted octanol–water partition coefficient (Wildman–Crippen LogP) is 3.91. The first-order chi connectivity index (χ1) is 11.9. The molecule has 0 spiro atoms. The van der Waals surface area contributed by atoms with Gasteiger partial charge in [-0.1, -0.05) is 24.3 Å². The van der Waals surface area contributed by atoms with Crippen LogP contribution in [0.4, 0.5) is 11.4 Å². The molecule has 1 atom stereocenters. The SMILES string of the molecule is Cc1ccc(C)c(NC(=O)[C@@H]2CC(=O)N(c3cccc(C)c3C)C2)c1. The lowest BCUT2D eigenvalue weighted by Gasteiger charge is -2.20. The molecule has 4 heteroatoms. The minimum absolute atomic E-state index is 0.00909. The molecule has 0 unspecified atom stereocenters. The van der Waals surface area contributed by atoms with Crippen LogP contribution in [0.3, 0.4) is 0 Å². The number of benzene rings is 2. The molecule has 0 bridgehead atoms. The molecule has 2 aromatic carbocycles. The zero-order chi connectivity index (χ0) is 18.1. The van der Waals surface area contributed by atoms with Gasteiger partial charge in [-0.05, 0) is 62.1 Å². The molecule has 0 aromatic heterocycles. The van der Waals surface area contributed by atoms with E-state index in [2.05, 4.69) is 5.32 Å². The zero-order valence-electron chi connectivity index (χ0n) is 15.2. The van der Waals surface area contributed by atoms with Crippen molar-refractivity contribution in [3.63, 3.8) is 0 Å². The standard InChI is InChI=1S/C21H24N2O2/c1-13-8-9-15(3)18(10-13)22-21(25)17-11-20(24)23(12-17)19-7-5-6-14(2)16(19)4/h5-10,17H,11-12H2,1-4H3,(H,22,25)/t17-/m1/s1. The number of aryl methyl sites for hydroxylation is 3. The average Bonchev–Trinajstić information content (AvgIpc) is 2.95. The lowest BCUT2D eigenvalue weighted by Crippen LogP contribution is -2.28. The number of carbonyl (C=O) groups is 2. The molecule has 1 N–H and O–H groups in total. The Morgan fingerprint density at radius 2 is 1.84 bits per heavy atom. The van der Waals surface area contributed by atoms with Gasteiger partial charge in [0.15, 0.2) is 0 Å². The fourth-order valence-electron chi connectivity index (χ4n) is 3.25. The molecule has 0 saturated carbocycles. The van der Waals surface area contributed by atoms with Crippen molar-refractivity contribution in [2.24, 2.45) is 5.92 Å². The van der Waals surface area contributed by atoms with Crippen molar-refractivity contribution in [1.82, 2.24) is 0 Å². The number of rotatable bonds is 3. The maximum atomic E-state index is 12.7. The van der Waals surface area contributed by atoms with Crippen molar-refractivity contribution < 1.29 is 9.59 Å². The van der Waals surface area contributed by atoms with Crippen LogP contribution in [0.15, 0.2) is 36.4 Å². The molecule has 2 amide bonds. The summed E-state index contributed by atoms with van der Waals surface area (Å²) in [7, 11) is 0. The van der Waals surface area contributed by atoms with Crippen LogP contribution in [-0.4, -0.2) is 18.4 Å². The Hall–Kier alpha value is -2.62. The second kappa shape index (κ2) is 6.71. The Balaban J connectivity index is 1.77. The molecule has 1 aliphatic heterocycles. The Labute approximate surface area is 148 Å². The zero-order valence-corrected chi connectivity index (χ0v) is 15.2. The van der Waals surface area contributed by atoms with E-state index in [-0.39, 0.29) is 24.2 Å². The fraction of sp³-hybridized carbons (Fsp3) is 0.333. The third-order valence-corrected chi connectivity index (χ3v) is 5.01. The van der Waals surface area contributed by atoms with Gasteiger partial charge in [-0.2, -0.15) is 0 Å². The van der Waals surface area contributed by atoms with E-state index in [1.54, 1.807) is 4.90 Å². The monoisotopic (exact) mass is 336 g/mol. The maximum Gasteiger partial charge on any atom is 0.229 e. The van der Waals surface area contributed by atoms with Crippen LogP contribution < -0.4 is 10.2 Å². The van der Waals surface area contributed by atoms with Crippen molar-refractivity contribution in [3.8, 4) is 0 Å². The van der Waals surface area contributed by atoms with Gasteiger partial charge in [0.2, 0.25) is 11.8 Å². The summed E-state index contributed by atoms with van der Waals surface area (Å²) in [4.78, 5) is 26.9. The number of amides is 2. The highest BCUT2D eigenvalue weighted by atomic mass is 16.2. The number of hydrogen-bond acceptors (Lipinski definition) is 2. The van der Waals surface area contributed by atoms with Gasteiger partial charge in [-0.3, -0.25) is 9.59 Å². The highest BCUT2D eigenvalue weighted by Crippen LogP contribution is 2.30. The summed E-state index contributed by atoms with van der Waals surface area (Å²) in [5.41, 5.74) is 6.09. The second-order valence-corrected chi connectivity index (χ2v) is 6.93. The van der Waals surface area contributed by atoms with Crippen LogP contribution in [0, 0.1) is 33.6 Å². The highest BCUT2D eigenvalue weighted by Gasteiger charge is 2.35. The van der Waals surface area contributed by atoms with Crippen LogP contribution in [0.1, 0.15) is 28.7 Å². The van der Waals surface area contributed by atoms with Gasteiger partial charge < -0.3 is 10.2 Å². The normalized spacial score (nSPS) is 17.0. The number of nitrogens with one attached hydrogen (secondary N) is 1.